The molecule has 0 unspecified atom stereocenters. The zero-order valence-corrected chi connectivity index (χ0v) is 23.2. The zero-order valence-electron chi connectivity index (χ0n) is 17.5. The molecule has 0 saturated heterocycles. The third-order valence-corrected chi connectivity index (χ3v) is 3.79. The van der Waals surface area contributed by atoms with Gasteiger partial charge in [0.25, 0.3) is 0 Å². The molecule has 0 aliphatic heterocycles. The summed E-state index contributed by atoms with van der Waals surface area (Å²) in [6.07, 6.45) is 0. The first-order valence-electron chi connectivity index (χ1n) is 6.94. The van der Waals surface area contributed by atoms with Gasteiger partial charge in [0.05, 0.1) is 11.4 Å². The van der Waals surface area contributed by atoms with Gasteiger partial charge in [-0.05, 0) is 60.4 Å². The Morgan fingerprint density at radius 1 is 0.625 bits per heavy atom. The molecule has 32 heavy (non-hydrogen) atoms. The first-order valence-corrected chi connectivity index (χ1v) is 9.67. The Morgan fingerprint density at radius 3 is 1.12 bits per heavy atom. The van der Waals surface area contributed by atoms with E-state index >= 15 is 0 Å². The van der Waals surface area contributed by atoms with Crippen molar-refractivity contribution in [3.05, 3.63) is 47.5 Å². The molecule has 2 aromatic rings. The van der Waals surface area contributed by atoms with Crippen molar-refractivity contribution in [2.75, 3.05) is 0 Å². The fourth-order valence-corrected chi connectivity index (χ4v) is 2.46. The molecule has 0 atom stereocenters. The van der Waals surface area contributed by atoms with Crippen LogP contribution in [0, 0.1) is 13.8 Å². The van der Waals surface area contributed by atoms with Crippen molar-refractivity contribution in [2.45, 2.75) is 13.8 Å². The van der Waals surface area contributed by atoms with E-state index < -0.39 is 20.6 Å². The standard InChI is InChI=1S/C14H14N4O6S2.2Na.4H2O/c1-9-7-11(3-5-13(9)15-17-25(19,20)21)12-4-6-14(10(2)8-12)16-18-26(22,23)24;;;;;;/h3-8H,1-2H3,(H,19,20,21)(H,22,23,24);;;4*1H2/q;2*+1;;;;/p-2. The van der Waals surface area contributed by atoms with E-state index in [1.165, 1.54) is 12.1 Å². The minimum atomic E-state index is -4.80. The summed E-state index contributed by atoms with van der Waals surface area (Å²) in [6, 6.07) is 9.74. The van der Waals surface area contributed by atoms with E-state index in [1.54, 1.807) is 38.1 Å². The molecular formula is C14H20N4Na2O10S2. The van der Waals surface area contributed by atoms with E-state index in [-0.39, 0.29) is 92.4 Å². The van der Waals surface area contributed by atoms with Crippen molar-refractivity contribution >= 4 is 32.0 Å². The summed E-state index contributed by atoms with van der Waals surface area (Å²) in [7, 11) is -9.61. The molecule has 2 aromatic carbocycles. The van der Waals surface area contributed by atoms with Gasteiger partial charge in [0, 0.05) is 0 Å². The first-order chi connectivity index (χ1) is 11.9. The molecule has 0 spiro atoms. The summed E-state index contributed by atoms with van der Waals surface area (Å²) in [5, 5.41) is 6.80. The number of rotatable bonds is 5. The Balaban J connectivity index is -0.000000405. The van der Waals surface area contributed by atoms with Gasteiger partial charge in [-0.25, -0.2) is 16.8 Å². The van der Waals surface area contributed by atoms with E-state index in [1.807, 2.05) is 0 Å². The summed E-state index contributed by atoms with van der Waals surface area (Å²) in [6.45, 7) is 3.34. The summed E-state index contributed by atoms with van der Waals surface area (Å²) in [5.74, 6) is 0. The van der Waals surface area contributed by atoms with Gasteiger partial charge in [0.1, 0.15) is 0 Å². The minimum Gasteiger partial charge on any atom is -0.728 e. The van der Waals surface area contributed by atoms with Gasteiger partial charge in [-0.3, -0.25) is 0 Å². The van der Waals surface area contributed by atoms with Crippen LogP contribution in [0.15, 0.2) is 55.7 Å². The molecule has 0 bridgehead atoms. The van der Waals surface area contributed by atoms with Crippen molar-refractivity contribution in [2.24, 2.45) is 19.3 Å². The van der Waals surface area contributed by atoms with Crippen LogP contribution in [0.4, 0.5) is 11.4 Å². The zero-order chi connectivity index (χ0) is 19.5. The maximum Gasteiger partial charge on any atom is 1.00 e. The number of aryl methyl sites for hydroxylation is 2. The second-order valence-corrected chi connectivity index (χ2v) is 7.26. The molecule has 0 fully saturated rings. The third-order valence-electron chi connectivity index (χ3n) is 3.22. The Hall–Kier alpha value is -0.700. The maximum atomic E-state index is 10.5. The summed E-state index contributed by atoms with van der Waals surface area (Å²) < 4.78 is 68.4. The van der Waals surface area contributed by atoms with Crippen molar-refractivity contribution < 1.29 is 107 Å². The predicted octanol–water partition coefficient (Wildman–Crippen LogP) is -6.23. The van der Waals surface area contributed by atoms with Crippen LogP contribution in [0.1, 0.15) is 11.1 Å². The fourth-order valence-electron chi connectivity index (χ4n) is 2.08. The Kier molecular flexibility index (Phi) is 21.9. The fraction of sp³-hybridized carbons (Fsp3) is 0.143. The molecule has 170 valence electrons. The van der Waals surface area contributed by atoms with Crippen molar-refractivity contribution in [3.8, 4) is 11.1 Å². The second kappa shape index (κ2) is 16.8. The van der Waals surface area contributed by atoms with Gasteiger partial charge in [0.2, 0.25) is 20.6 Å². The van der Waals surface area contributed by atoms with Gasteiger partial charge < -0.3 is 31.0 Å². The molecule has 0 saturated carbocycles. The van der Waals surface area contributed by atoms with E-state index in [4.69, 9.17) is 0 Å². The van der Waals surface area contributed by atoms with Crippen LogP contribution in [-0.2, 0) is 20.6 Å². The molecular weight excluding hydrogens is 494 g/mol. The molecule has 0 radical (unpaired) electrons. The second-order valence-electron chi connectivity index (χ2n) is 5.22. The molecule has 0 heterocycles. The molecule has 14 nitrogen and oxygen atoms in total. The van der Waals surface area contributed by atoms with Crippen molar-refractivity contribution in [1.29, 1.82) is 0 Å². The van der Waals surface area contributed by atoms with Gasteiger partial charge in [-0.2, -0.15) is 0 Å². The molecule has 0 aliphatic carbocycles. The quantitative estimate of drug-likeness (QED) is 0.212. The van der Waals surface area contributed by atoms with E-state index in [9.17, 15) is 25.9 Å². The number of hydrogen-bond donors (Lipinski definition) is 0. The third kappa shape index (κ3) is 13.8. The van der Waals surface area contributed by atoms with Gasteiger partial charge in [-0.15, -0.1) is 10.2 Å². The van der Waals surface area contributed by atoms with Crippen molar-refractivity contribution in [3.63, 3.8) is 0 Å². The monoisotopic (exact) mass is 514 g/mol. The summed E-state index contributed by atoms with van der Waals surface area (Å²) in [5.41, 5.74) is 3.17. The predicted molar refractivity (Wildman–Crippen MR) is 104 cm³/mol. The van der Waals surface area contributed by atoms with E-state index in [0.29, 0.717) is 11.1 Å². The molecule has 2 rings (SSSR count). The van der Waals surface area contributed by atoms with Crippen LogP contribution in [0.3, 0.4) is 0 Å². The minimum absolute atomic E-state index is 0. The van der Waals surface area contributed by atoms with Crippen LogP contribution in [0.25, 0.3) is 11.1 Å². The van der Waals surface area contributed by atoms with Crippen LogP contribution < -0.4 is 59.1 Å². The normalized spacial score (nSPS) is 10.5. The van der Waals surface area contributed by atoms with Gasteiger partial charge in [-0.1, -0.05) is 21.2 Å². The summed E-state index contributed by atoms with van der Waals surface area (Å²) >= 11 is 0. The molecule has 0 aliphatic rings. The number of hydrogen-bond acceptors (Lipinski definition) is 8. The Bertz CT molecular complexity index is 1040. The van der Waals surface area contributed by atoms with E-state index in [0.717, 1.165) is 11.1 Å². The van der Waals surface area contributed by atoms with Crippen LogP contribution in [0.2, 0.25) is 0 Å². The van der Waals surface area contributed by atoms with Crippen molar-refractivity contribution in [1.82, 2.24) is 0 Å². The topological polar surface area (TPSA) is 290 Å². The van der Waals surface area contributed by atoms with Gasteiger partial charge >= 0.3 is 59.1 Å². The van der Waals surface area contributed by atoms with Crippen LogP contribution in [-0.4, -0.2) is 47.8 Å². The molecule has 18 heteroatoms. The van der Waals surface area contributed by atoms with Crippen LogP contribution in [0.5, 0.6) is 0 Å². The largest absolute Gasteiger partial charge is 1.00 e. The average Bonchev–Trinajstić information content (AvgIpc) is 2.50. The van der Waals surface area contributed by atoms with Crippen LogP contribution >= 0.6 is 0 Å². The molecule has 0 amide bonds. The summed E-state index contributed by atoms with van der Waals surface area (Å²) in [4.78, 5) is 0. The molecule has 8 N–H and O–H groups in total. The SMILES string of the molecule is Cc1cc(-c2ccc(N=NS(=O)(=O)[O-])c(C)c2)ccc1N=NS(=O)(=O)[O-].O.O.O.O.[Na+].[Na+]. The van der Waals surface area contributed by atoms with Gasteiger partial charge in [0.15, 0.2) is 0 Å². The number of benzene rings is 2. The molecule has 0 aromatic heterocycles. The Labute approximate surface area is 228 Å². The maximum absolute atomic E-state index is 10.5. The number of nitrogens with zero attached hydrogens (tertiary/aromatic N) is 4. The Morgan fingerprint density at radius 2 is 0.906 bits per heavy atom. The van der Waals surface area contributed by atoms with E-state index in [2.05, 4.69) is 19.3 Å². The first kappa shape index (κ1) is 41.5. The average molecular weight is 514 g/mol. The smallest absolute Gasteiger partial charge is 0.728 e.